The number of carbonyl (C=O) groups excluding carboxylic acids is 1. The number of carbonyl (C=O) groups is 1. The van der Waals surface area contributed by atoms with Crippen molar-refractivity contribution < 1.29 is 13.7 Å². The number of rotatable bonds is 6. The molecule has 0 saturated carbocycles. The van der Waals surface area contributed by atoms with Crippen LogP contribution in [0.5, 0.6) is 0 Å². The van der Waals surface area contributed by atoms with Crippen LogP contribution in [0.1, 0.15) is 23.4 Å². The van der Waals surface area contributed by atoms with Crippen LogP contribution in [0, 0.1) is 12.7 Å². The molecule has 1 heterocycles. The number of amides is 1. The fraction of sp³-hybridized carbons (Fsp3) is 0.250. The lowest BCUT2D eigenvalue weighted by molar-refractivity contribution is -0.130. The molecule has 1 amide bonds. The molecule has 140 valence electrons. The Hall–Kier alpha value is -2.73. The molecule has 3 aromatic rings. The Morgan fingerprint density at radius 1 is 1.22 bits per heavy atom. The molecule has 0 aliphatic heterocycles. The summed E-state index contributed by atoms with van der Waals surface area (Å²) < 4.78 is 19.1. The van der Waals surface area contributed by atoms with E-state index in [1.54, 1.807) is 13.1 Å². The van der Waals surface area contributed by atoms with Gasteiger partial charge in [0.25, 0.3) is 0 Å². The molecule has 0 aliphatic rings. The normalized spacial score (nSPS) is 10.8. The molecule has 3 rings (SSSR count). The molecular weight excluding hydrogens is 369 g/mol. The average molecular weight is 388 g/mol. The van der Waals surface area contributed by atoms with E-state index in [-0.39, 0.29) is 18.9 Å². The van der Waals surface area contributed by atoms with Gasteiger partial charge in [0.1, 0.15) is 5.82 Å². The molecule has 0 radical (unpaired) electrons. The molecule has 27 heavy (non-hydrogen) atoms. The van der Waals surface area contributed by atoms with Gasteiger partial charge in [-0.2, -0.15) is 4.98 Å². The van der Waals surface area contributed by atoms with Gasteiger partial charge in [-0.3, -0.25) is 4.79 Å². The molecule has 0 unspecified atom stereocenters. The van der Waals surface area contributed by atoms with Gasteiger partial charge in [-0.15, -0.1) is 0 Å². The lowest BCUT2D eigenvalue weighted by Gasteiger charge is -2.18. The van der Waals surface area contributed by atoms with E-state index in [0.717, 1.165) is 11.1 Å². The van der Waals surface area contributed by atoms with Crippen LogP contribution in [-0.2, 0) is 17.8 Å². The van der Waals surface area contributed by atoms with Crippen molar-refractivity contribution in [2.45, 2.75) is 26.3 Å². The van der Waals surface area contributed by atoms with E-state index < -0.39 is 5.82 Å². The van der Waals surface area contributed by atoms with E-state index in [0.29, 0.717) is 28.7 Å². The fourth-order valence-corrected chi connectivity index (χ4v) is 2.81. The first-order valence-corrected chi connectivity index (χ1v) is 8.88. The zero-order chi connectivity index (χ0) is 19.4. The van der Waals surface area contributed by atoms with Crippen molar-refractivity contribution in [3.8, 4) is 11.4 Å². The summed E-state index contributed by atoms with van der Waals surface area (Å²) in [6.45, 7) is 2.10. The van der Waals surface area contributed by atoms with Crippen LogP contribution in [0.4, 0.5) is 4.39 Å². The number of halogens is 2. The van der Waals surface area contributed by atoms with E-state index in [1.807, 2.05) is 31.2 Å². The van der Waals surface area contributed by atoms with E-state index in [1.165, 1.54) is 17.0 Å². The summed E-state index contributed by atoms with van der Waals surface area (Å²) in [4.78, 5) is 18.1. The average Bonchev–Trinajstić information content (AvgIpc) is 3.12. The van der Waals surface area contributed by atoms with Gasteiger partial charge >= 0.3 is 0 Å². The SMILES string of the molecule is Cc1ccc(-c2noc(CCC(=O)N(C)Cc3c(F)cccc3Cl)n2)cc1. The third-order valence-electron chi connectivity index (χ3n) is 4.21. The van der Waals surface area contributed by atoms with Gasteiger partial charge in [-0.25, -0.2) is 4.39 Å². The van der Waals surface area contributed by atoms with Crippen molar-refractivity contribution in [1.29, 1.82) is 0 Å². The van der Waals surface area contributed by atoms with Crippen LogP contribution < -0.4 is 0 Å². The second-order valence-electron chi connectivity index (χ2n) is 6.33. The van der Waals surface area contributed by atoms with Crippen molar-refractivity contribution in [1.82, 2.24) is 15.0 Å². The summed E-state index contributed by atoms with van der Waals surface area (Å²) in [6, 6.07) is 12.2. The van der Waals surface area contributed by atoms with E-state index in [2.05, 4.69) is 10.1 Å². The zero-order valence-corrected chi connectivity index (χ0v) is 15.8. The van der Waals surface area contributed by atoms with Crippen LogP contribution in [0.2, 0.25) is 5.02 Å². The minimum absolute atomic E-state index is 0.1000. The third-order valence-corrected chi connectivity index (χ3v) is 4.57. The predicted molar refractivity (Wildman–Crippen MR) is 101 cm³/mol. The number of hydrogen-bond acceptors (Lipinski definition) is 4. The zero-order valence-electron chi connectivity index (χ0n) is 15.1. The quantitative estimate of drug-likeness (QED) is 0.627. The molecule has 0 fully saturated rings. The molecule has 1 aromatic heterocycles. The first-order chi connectivity index (χ1) is 12.9. The van der Waals surface area contributed by atoms with Gasteiger partial charge < -0.3 is 9.42 Å². The summed E-state index contributed by atoms with van der Waals surface area (Å²) in [5, 5.41) is 4.25. The monoisotopic (exact) mass is 387 g/mol. The Morgan fingerprint density at radius 3 is 2.67 bits per heavy atom. The van der Waals surface area contributed by atoms with Crippen molar-refractivity contribution >= 4 is 17.5 Å². The van der Waals surface area contributed by atoms with Gasteiger partial charge in [0.05, 0.1) is 0 Å². The molecule has 5 nitrogen and oxygen atoms in total. The maximum Gasteiger partial charge on any atom is 0.227 e. The van der Waals surface area contributed by atoms with Crippen LogP contribution >= 0.6 is 11.6 Å². The maximum absolute atomic E-state index is 13.9. The Bertz CT molecular complexity index is 920. The maximum atomic E-state index is 13.9. The standard InChI is InChI=1S/C20H19ClFN3O2/c1-13-6-8-14(9-7-13)20-23-18(27-24-20)10-11-19(26)25(2)12-15-16(21)4-3-5-17(15)22/h3-9H,10-12H2,1-2H3. The van der Waals surface area contributed by atoms with Crippen LogP contribution in [0.15, 0.2) is 47.0 Å². The number of nitrogens with zero attached hydrogens (tertiary/aromatic N) is 3. The van der Waals surface area contributed by atoms with Crippen molar-refractivity contribution in [2.24, 2.45) is 0 Å². The van der Waals surface area contributed by atoms with Gasteiger partial charge in [-0.05, 0) is 19.1 Å². The van der Waals surface area contributed by atoms with Crippen LogP contribution in [0.3, 0.4) is 0 Å². The molecule has 0 N–H and O–H groups in total. The molecule has 2 aromatic carbocycles. The molecular formula is C20H19ClFN3O2. The van der Waals surface area contributed by atoms with Crippen molar-refractivity contribution in [3.05, 3.63) is 70.3 Å². The topological polar surface area (TPSA) is 59.2 Å². The lowest BCUT2D eigenvalue weighted by Crippen LogP contribution is -2.27. The Labute approximate surface area is 161 Å². The van der Waals surface area contributed by atoms with Gasteiger partial charge in [0, 0.05) is 42.6 Å². The summed E-state index contributed by atoms with van der Waals surface area (Å²) in [5.74, 6) is 0.284. The third kappa shape index (κ3) is 4.71. The Kier molecular flexibility index (Phi) is 5.86. The second kappa shape index (κ2) is 8.31. The van der Waals surface area contributed by atoms with E-state index in [4.69, 9.17) is 16.1 Å². The summed E-state index contributed by atoms with van der Waals surface area (Å²) in [6.07, 6.45) is 0.491. The van der Waals surface area contributed by atoms with Crippen LogP contribution in [-0.4, -0.2) is 28.0 Å². The van der Waals surface area contributed by atoms with E-state index >= 15 is 0 Å². The van der Waals surface area contributed by atoms with Crippen LogP contribution in [0.25, 0.3) is 11.4 Å². The van der Waals surface area contributed by atoms with Gasteiger partial charge in [0.15, 0.2) is 0 Å². The largest absolute Gasteiger partial charge is 0.341 e. The Balaban J connectivity index is 1.58. The number of hydrogen-bond donors (Lipinski definition) is 0. The van der Waals surface area contributed by atoms with Gasteiger partial charge in [0.2, 0.25) is 17.6 Å². The number of benzene rings is 2. The highest BCUT2D eigenvalue weighted by Gasteiger charge is 2.16. The van der Waals surface area contributed by atoms with Crippen molar-refractivity contribution in [3.63, 3.8) is 0 Å². The van der Waals surface area contributed by atoms with Crippen molar-refractivity contribution in [2.75, 3.05) is 7.05 Å². The van der Waals surface area contributed by atoms with Gasteiger partial charge in [-0.1, -0.05) is 52.7 Å². The van der Waals surface area contributed by atoms with E-state index in [9.17, 15) is 9.18 Å². The second-order valence-corrected chi connectivity index (χ2v) is 6.73. The minimum Gasteiger partial charge on any atom is -0.341 e. The first kappa shape index (κ1) is 19.0. The summed E-state index contributed by atoms with van der Waals surface area (Å²) >= 11 is 6.01. The highest BCUT2D eigenvalue weighted by atomic mass is 35.5. The Morgan fingerprint density at radius 2 is 1.96 bits per heavy atom. The summed E-state index contributed by atoms with van der Waals surface area (Å²) in [5.41, 5.74) is 2.30. The predicted octanol–water partition coefficient (Wildman–Crippen LogP) is 4.43. The highest BCUT2D eigenvalue weighted by Crippen LogP contribution is 2.21. The molecule has 0 bridgehead atoms. The minimum atomic E-state index is -0.429. The first-order valence-electron chi connectivity index (χ1n) is 8.50. The lowest BCUT2D eigenvalue weighted by atomic mass is 10.1. The molecule has 0 aliphatic carbocycles. The number of aryl methyl sites for hydroxylation is 2. The summed E-state index contributed by atoms with van der Waals surface area (Å²) in [7, 11) is 1.61. The molecule has 0 atom stereocenters. The molecule has 7 heteroatoms. The number of aromatic nitrogens is 2. The highest BCUT2D eigenvalue weighted by molar-refractivity contribution is 6.31. The molecule has 0 saturated heterocycles. The molecule has 0 spiro atoms. The smallest absolute Gasteiger partial charge is 0.227 e. The fourth-order valence-electron chi connectivity index (χ4n) is 2.59.